The lowest BCUT2D eigenvalue weighted by atomic mass is 10.1. The lowest BCUT2D eigenvalue weighted by Gasteiger charge is -2.35. The SMILES string of the molecule is N#CC1C[C@@H]2C[C@@H]2N1C(=O)C(N)CN1C[C@@H]2C[C@H]1C(=O)N2c1ccc(-c2nn[nH]n2)cc1. The van der Waals surface area contributed by atoms with Crippen molar-refractivity contribution in [3.8, 4) is 17.5 Å². The number of carbonyl (C=O) groups excluding carboxylic acids is 2. The number of H-pyrrole nitrogens is 1. The molecule has 0 radical (unpaired) electrons. The van der Waals surface area contributed by atoms with Crippen LogP contribution in [0.3, 0.4) is 0 Å². The van der Waals surface area contributed by atoms with Crippen LogP contribution in [0.1, 0.15) is 19.3 Å². The van der Waals surface area contributed by atoms with Crippen LogP contribution in [0, 0.1) is 17.2 Å². The highest BCUT2D eigenvalue weighted by molar-refractivity contribution is 6.01. The maximum Gasteiger partial charge on any atom is 0.244 e. The molecule has 1 aromatic heterocycles. The third-order valence-corrected chi connectivity index (χ3v) is 7.27. The number of likely N-dealkylation sites (tertiary alicyclic amines) is 2. The number of nitrogens with zero attached hydrogens (tertiary/aromatic N) is 7. The number of aromatic amines is 1. The minimum atomic E-state index is -0.722. The van der Waals surface area contributed by atoms with Crippen molar-refractivity contribution >= 4 is 17.5 Å². The van der Waals surface area contributed by atoms with Gasteiger partial charge in [-0.15, -0.1) is 10.2 Å². The van der Waals surface area contributed by atoms with Crippen LogP contribution in [0.15, 0.2) is 24.3 Å². The van der Waals surface area contributed by atoms with Crippen LogP contribution in [-0.2, 0) is 9.59 Å². The molecular formula is C21H23N9O2. The number of fused-ring (bicyclic) bond motifs is 3. The Morgan fingerprint density at radius 1 is 1.28 bits per heavy atom. The first-order chi connectivity index (χ1) is 15.5. The number of rotatable bonds is 5. The van der Waals surface area contributed by atoms with Crippen molar-refractivity contribution in [1.29, 1.82) is 5.26 Å². The van der Waals surface area contributed by atoms with E-state index >= 15 is 0 Å². The van der Waals surface area contributed by atoms with Gasteiger partial charge < -0.3 is 15.5 Å². The van der Waals surface area contributed by atoms with Crippen molar-refractivity contribution in [2.75, 3.05) is 18.0 Å². The summed E-state index contributed by atoms with van der Waals surface area (Å²) in [6, 6.07) is 8.65. The van der Waals surface area contributed by atoms with E-state index in [0.717, 1.165) is 30.5 Å². The second-order valence-corrected chi connectivity index (χ2v) is 9.15. The van der Waals surface area contributed by atoms with Crippen LogP contribution in [0.25, 0.3) is 11.4 Å². The summed E-state index contributed by atoms with van der Waals surface area (Å²) < 4.78 is 0. The fourth-order valence-corrected chi connectivity index (χ4v) is 5.67. The highest BCUT2D eigenvalue weighted by Gasteiger charge is 2.55. The smallest absolute Gasteiger partial charge is 0.244 e. The van der Waals surface area contributed by atoms with Gasteiger partial charge in [-0.2, -0.15) is 10.5 Å². The van der Waals surface area contributed by atoms with E-state index in [1.165, 1.54) is 0 Å². The fourth-order valence-electron chi connectivity index (χ4n) is 5.67. The van der Waals surface area contributed by atoms with E-state index in [1.54, 1.807) is 4.90 Å². The highest BCUT2D eigenvalue weighted by atomic mass is 16.2. The standard InChI is InChI=1S/C21H23N9O2/c22-8-14-5-12-6-17(12)30(14)20(31)16(23)10-28-9-15-7-18(28)21(32)29(15)13-3-1-11(2-4-13)19-24-26-27-25-19/h1-4,12,14-18H,5-7,9-10,23H2,(H,24,25,26,27)/t12-,14?,15+,16?,17+,18+/m1/s1. The number of nitriles is 1. The van der Waals surface area contributed by atoms with E-state index in [0.29, 0.717) is 24.8 Å². The molecule has 2 aromatic rings. The molecule has 32 heavy (non-hydrogen) atoms. The number of piperidine rings is 1. The van der Waals surface area contributed by atoms with E-state index in [1.807, 2.05) is 34.1 Å². The summed E-state index contributed by atoms with van der Waals surface area (Å²) in [7, 11) is 0. The fraction of sp³-hybridized carbons (Fsp3) is 0.524. The summed E-state index contributed by atoms with van der Waals surface area (Å²) in [6.45, 7) is 1.01. The van der Waals surface area contributed by atoms with E-state index in [9.17, 15) is 14.9 Å². The molecule has 1 saturated carbocycles. The average molecular weight is 433 g/mol. The first-order valence-electron chi connectivity index (χ1n) is 10.9. The van der Waals surface area contributed by atoms with Gasteiger partial charge in [0.2, 0.25) is 17.6 Å². The highest BCUT2D eigenvalue weighted by Crippen LogP contribution is 2.47. The number of anilines is 1. The maximum atomic E-state index is 13.1. The molecule has 3 saturated heterocycles. The molecule has 3 aliphatic heterocycles. The molecule has 3 N–H and O–H groups in total. The van der Waals surface area contributed by atoms with E-state index in [2.05, 4.69) is 26.7 Å². The number of carbonyl (C=O) groups is 2. The quantitative estimate of drug-likeness (QED) is 0.641. The van der Waals surface area contributed by atoms with Gasteiger partial charge in [0.15, 0.2) is 0 Å². The van der Waals surface area contributed by atoms with Gasteiger partial charge in [-0.1, -0.05) is 0 Å². The topological polar surface area (TPSA) is 148 Å². The number of tetrazole rings is 1. The molecule has 6 atom stereocenters. The minimum Gasteiger partial charge on any atom is -0.322 e. The van der Waals surface area contributed by atoms with Crippen LogP contribution >= 0.6 is 0 Å². The molecule has 2 amide bonds. The van der Waals surface area contributed by atoms with Gasteiger partial charge in [-0.3, -0.25) is 14.5 Å². The zero-order valence-electron chi connectivity index (χ0n) is 17.3. The Kier molecular flexibility index (Phi) is 4.28. The second-order valence-electron chi connectivity index (χ2n) is 9.15. The zero-order chi connectivity index (χ0) is 22.0. The van der Waals surface area contributed by atoms with Crippen LogP contribution in [0.5, 0.6) is 0 Å². The zero-order valence-corrected chi connectivity index (χ0v) is 17.3. The first kappa shape index (κ1) is 19.3. The van der Waals surface area contributed by atoms with Gasteiger partial charge in [-0.05, 0) is 54.7 Å². The van der Waals surface area contributed by atoms with Crippen molar-refractivity contribution < 1.29 is 9.59 Å². The molecule has 0 spiro atoms. The maximum absolute atomic E-state index is 13.1. The van der Waals surface area contributed by atoms with Crippen LogP contribution in [0.2, 0.25) is 0 Å². The first-order valence-corrected chi connectivity index (χ1v) is 10.9. The van der Waals surface area contributed by atoms with Crippen LogP contribution in [-0.4, -0.2) is 85.5 Å². The van der Waals surface area contributed by atoms with E-state index in [-0.39, 0.29) is 36.0 Å². The number of nitrogens with two attached hydrogens (primary N) is 1. The number of aromatic nitrogens is 4. The number of benzene rings is 1. The number of hydrogen-bond acceptors (Lipinski definition) is 8. The largest absolute Gasteiger partial charge is 0.322 e. The van der Waals surface area contributed by atoms with Crippen molar-refractivity contribution in [3.63, 3.8) is 0 Å². The Hall–Kier alpha value is -3.36. The number of piperazine rings is 1. The minimum absolute atomic E-state index is 0.0338. The average Bonchev–Trinajstić information content (AvgIpc) is 3.25. The normalized spacial score (nSPS) is 31.6. The molecule has 2 bridgehead atoms. The lowest BCUT2D eigenvalue weighted by Crippen LogP contribution is -2.57. The molecule has 4 heterocycles. The van der Waals surface area contributed by atoms with Crippen molar-refractivity contribution in [2.24, 2.45) is 11.7 Å². The van der Waals surface area contributed by atoms with Gasteiger partial charge in [0, 0.05) is 30.4 Å². The molecule has 11 heteroatoms. The number of amides is 2. The summed E-state index contributed by atoms with van der Waals surface area (Å²) >= 11 is 0. The number of nitrogens with one attached hydrogen (secondary N) is 1. The van der Waals surface area contributed by atoms with E-state index in [4.69, 9.17) is 5.73 Å². The van der Waals surface area contributed by atoms with Gasteiger partial charge in [0.05, 0.1) is 24.2 Å². The summed E-state index contributed by atoms with van der Waals surface area (Å²) in [5.74, 6) is 0.835. The third kappa shape index (κ3) is 2.91. The van der Waals surface area contributed by atoms with Gasteiger partial charge >= 0.3 is 0 Å². The molecule has 4 fully saturated rings. The van der Waals surface area contributed by atoms with Gasteiger partial charge in [0.1, 0.15) is 6.04 Å². The summed E-state index contributed by atoms with van der Waals surface area (Å²) in [5.41, 5.74) is 7.93. The molecule has 164 valence electrons. The Balaban J connectivity index is 1.11. The molecule has 1 aliphatic carbocycles. The van der Waals surface area contributed by atoms with Crippen molar-refractivity contribution in [2.45, 2.75) is 49.5 Å². The molecule has 4 aliphatic rings. The summed E-state index contributed by atoms with van der Waals surface area (Å²) in [6.07, 6.45) is 2.46. The predicted octanol–water partition coefficient (Wildman–Crippen LogP) is -0.504. The molecule has 6 rings (SSSR count). The summed E-state index contributed by atoms with van der Waals surface area (Å²) in [5, 5.41) is 23.3. The van der Waals surface area contributed by atoms with Crippen LogP contribution < -0.4 is 10.6 Å². The third-order valence-electron chi connectivity index (χ3n) is 7.27. The molecule has 11 nitrogen and oxygen atoms in total. The Morgan fingerprint density at radius 3 is 2.78 bits per heavy atom. The lowest BCUT2D eigenvalue weighted by molar-refractivity contribution is -0.135. The second kappa shape index (κ2) is 7.08. The van der Waals surface area contributed by atoms with Crippen molar-refractivity contribution in [1.82, 2.24) is 30.4 Å². The number of hydrogen-bond donors (Lipinski definition) is 2. The predicted molar refractivity (Wildman–Crippen MR) is 112 cm³/mol. The van der Waals surface area contributed by atoms with Crippen LogP contribution in [0.4, 0.5) is 5.69 Å². The Morgan fingerprint density at radius 2 is 2.09 bits per heavy atom. The Labute approximate surface area is 184 Å². The van der Waals surface area contributed by atoms with Gasteiger partial charge in [0.25, 0.3) is 0 Å². The van der Waals surface area contributed by atoms with Gasteiger partial charge in [-0.25, -0.2) is 0 Å². The molecule has 2 unspecified atom stereocenters. The molecular weight excluding hydrogens is 410 g/mol. The summed E-state index contributed by atoms with van der Waals surface area (Å²) in [4.78, 5) is 31.6. The Bertz CT molecular complexity index is 1100. The van der Waals surface area contributed by atoms with E-state index < -0.39 is 6.04 Å². The monoisotopic (exact) mass is 433 g/mol. The van der Waals surface area contributed by atoms with Crippen molar-refractivity contribution in [3.05, 3.63) is 24.3 Å². The molecule has 1 aromatic carbocycles.